The van der Waals surface area contributed by atoms with Crippen molar-refractivity contribution in [3.63, 3.8) is 0 Å². The van der Waals surface area contributed by atoms with Crippen LogP contribution < -0.4 is 11.1 Å². The Morgan fingerprint density at radius 3 is 2.43 bits per heavy atom. The van der Waals surface area contributed by atoms with Crippen LogP contribution in [0.2, 0.25) is 0 Å². The predicted octanol–water partition coefficient (Wildman–Crippen LogP) is 1.67. The number of aliphatic imine (C=N–C) groups is 1. The highest BCUT2D eigenvalue weighted by Crippen LogP contribution is 2.23. The standard InChI is InChI=1S/C22H25N5O3/c1-24-13-20(28)25-21(23)19-12-18(26-30-2)14-27(19)22(29)17-10-8-16(9-11-17)15-6-4-3-5-7-15/h3-11,19,24H,12-14H2,1-2H3,(H2,23,25,28)/b26-18-. The van der Waals surface area contributed by atoms with Gasteiger partial charge in [-0.25, -0.2) is 0 Å². The number of nitrogens with zero attached hydrogens (tertiary/aromatic N) is 3. The van der Waals surface area contributed by atoms with Gasteiger partial charge >= 0.3 is 0 Å². The largest absolute Gasteiger partial charge is 0.399 e. The van der Waals surface area contributed by atoms with Gasteiger partial charge in [0.25, 0.3) is 11.8 Å². The molecule has 1 saturated heterocycles. The maximum absolute atomic E-state index is 13.2. The molecule has 0 saturated carbocycles. The summed E-state index contributed by atoms with van der Waals surface area (Å²) in [6.45, 7) is 0.329. The third-order valence-corrected chi connectivity index (χ3v) is 4.80. The fraction of sp³-hybridized carbons (Fsp3) is 0.273. The van der Waals surface area contributed by atoms with E-state index in [0.717, 1.165) is 11.1 Å². The lowest BCUT2D eigenvalue weighted by Crippen LogP contribution is -2.44. The maximum atomic E-state index is 13.2. The molecule has 1 heterocycles. The second-order valence-corrected chi connectivity index (χ2v) is 6.90. The predicted molar refractivity (Wildman–Crippen MR) is 116 cm³/mol. The monoisotopic (exact) mass is 407 g/mol. The number of likely N-dealkylation sites (N-methyl/N-ethyl adjacent to an activating group) is 1. The molecule has 1 aliphatic rings. The summed E-state index contributed by atoms with van der Waals surface area (Å²) in [5.74, 6) is -0.516. The maximum Gasteiger partial charge on any atom is 0.261 e. The van der Waals surface area contributed by atoms with E-state index in [-0.39, 0.29) is 24.8 Å². The zero-order valence-electron chi connectivity index (χ0n) is 17.0. The van der Waals surface area contributed by atoms with Crippen molar-refractivity contribution in [2.24, 2.45) is 15.9 Å². The number of oxime groups is 1. The number of amidine groups is 1. The zero-order chi connectivity index (χ0) is 21.5. The van der Waals surface area contributed by atoms with Crippen LogP contribution in [-0.2, 0) is 9.63 Å². The second-order valence-electron chi connectivity index (χ2n) is 6.90. The molecule has 8 heteroatoms. The molecule has 1 atom stereocenters. The average Bonchev–Trinajstić information content (AvgIpc) is 3.18. The van der Waals surface area contributed by atoms with Crippen molar-refractivity contribution in [3.05, 3.63) is 60.2 Å². The topological polar surface area (TPSA) is 109 Å². The van der Waals surface area contributed by atoms with E-state index in [0.29, 0.717) is 17.7 Å². The fourth-order valence-electron chi connectivity index (χ4n) is 3.39. The van der Waals surface area contributed by atoms with Crippen molar-refractivity contribution in [2.45, 2.75) is 12.5 Å². The summed E-state index contributed by atoms with van der Waals surface area (Å²) in [5, 5.41) is 6.70. The summed E-state index contributed by atoms with van der Waals surface area (Å²) in [6.07, 6.45) is 0.365. The molecule has 0 radical (unpaired) electrons. The van der Waals surface area contributed by atoms with Crippen LogP contribution in [0.25, 0.3) is 11.1 Å². The van der Waals surface area contributed by atoms with Crippen LogP contribution in [0.15, 0.2) is 64.7 Å². The summed E-state index contributed by atoms with van der Waals surface area (Å²) >= 11 is 0. The quantitative estimate of drug-likeness (QED) is 0.430. The van der Waals surface area contributed by atoms with Crippen LogP contribution >= 0.6 is 0 Å². The summed E-state index contributed by atoms with van der Waals surface area (Å²) < 4.78 is 0. The van der Waals surface area contributed by atoms with Gasteiger partial charge in [-0.3, -0.25) is 9.59 Å². The van der Waals surface area contributed by atoms with Crippen LogP contribution in [0, 0.1) is 0 Å². The van der Waals surface area contributed by atoms with Gasteiger partial charge in [-0.15, -0.1) is 0 Å². The molecule has 0 aliphatic carbocycles. The molecule has 0 aromatic heterocycles. The van der Waals surface area contributed by atoms with E-state index in [1.54, 1.807) is 24.1 Å². The molecule has 0 spiro atoms. The van der Waals surface area contributed by atoms with Gasteiger partial charge in [0.2, 0.25) is 0 Å². The molecule has 2 amide bonds. The van der Waals surface area contributed by atoms with E-state index in [2.05, 4.69) is 15.5 Å². The molecular formula is C22H25N5O3. The van der Waals surface area contributed by atoms with E-state index in [9.17, 15) is 9.59 Å². The minimum absolute atomic E-state index is 0.0708. The molecule has 1 fully saturated rings. The summed E-state index contributed by atoms with van der Waals surface area (Å²) in [4.78, 5) is 35.4. The van der Waals surface area contributed by atoms with E-state index >= 15 is 0 Å². The number of rotatable bonds is 6. The van der Waals surface area contributed by atoms with E-state index in [1.165, 1.54) is 7.11 Å². The first-order valence-electron chi connectivity index (χ1n) is 9.60. The fourth-order valence-corrected chi connectivity index (χ4v) is 3.39. The first-order valence-corrected chi connectivity index (χ1v) is 9.60. The number of likely N-dealkylation sites (tertiary alicyclic amines) is 1. The Hall–Kier alpha value is -3.52. The van der Waals surface area contributed by atoms with Gasteiger partial charge in [-0.1, -0.05) is 47.6 Å². The zero-order valence-corrected chi connectivity index (χ0v) is 17.0. The number of amides is 2. The Balaban J connectivity index is 1.84. The molecule has 1 unspecified atom stereocenters. The Labute approximate surface area is 175 Å². The SMILES string of the molecule is CNCC(=O)N=C(N)C1C/C(=N/OC)CN1C(=O)c1ccc(-c2ccccc2)cc1. The average molecular weight is 407 g/mol. The molecule has 156 valence electrons. The number of nitrogens with one attached hydrogen (secondary N) is 1. The lowest BCUT2D eigenvalue weighted by molar-refractivity contribution is -0.116. The molecule has 1 aliphatic heterocycles. The van der Waals surface area contributed by atoms with Crippen molar-refractivity contribution >= 4 is 23.4 Å². The van der Waals surface area contributed by atoms with E-state index in [1.807, 2.05) is 42.5 Å². The van der Waals surface area contributed by atoms with Gasteiger partial charge < -0.3 is 20.8 Å². The van der Waals surface area contributed by atoms with Crippen molar-refractivity contribution in [3.8, 4) is 11.1 Å². The van der Waals surface area contributed by atoms with Crippen LogP contribution in [0.3, 0.4) is 0 Å². The summed E-state index contributed by atoms with van der Waals surface area (Å²) in [5.41, 5.74) is 9.36. The Kier molecular flexibility index (Phi) is 6.92. The van der Waals surface area contributed by atoms with Crippen LogP contribution in [0.4, 0.5) is 0 Å². The van der Waals surface area contributed by atoms with Gasteiger partial charge in [-0.2, -0.15) is 4.99 Å². The number of benzene rings is 2. The van der Waals surface area contributed by atoms with Gasteiger partial charge in [0.05, 0.1) is 24.8 Å². The Morgan fingerprint density at radius 1 is 1.13 bits per heavy atom. The Morgan fingerprint density at radius 2 is 1.80 bits per heavy atom. The molecule has 0 bridgehead atoms. The Bertz CT molecular complexity index is 954. The summed E-state index contributed by atoms with van der Waals surface area (Å²) in [7, 11) is 3.10. The third-order valence-electron chi connectivity index (χ3n) is 4.80. The smallest absolute Gasteiger partial charge is 0.261 e. The van der Waals surface area contributed by atoms with Gasteiger partial charge in [0.1, 0.15) is 12.9 Å². The van der Waals surface area contributed by atoms with Crippen LogP contribution in [-0.4, -0.2) is 61.6 Å². The highest BCUT2D eigenvalue weighted by Gasteiger charge is 2.36. The van der Waals surface area contributed by atoms with Crippen molar-refractivity contribution in [2.75, 3.05) is 27.2 Å². The number of nitrogens with two attached hydrogens (primary N) is 1. The van der Waals surface area contributed by atoms with Gasteiger partial charge in [-0.05, 0) is 30.3 Å². The number of carbonyl (C=O) groups is 2. The molecular weight excluding hydrogens is 382 g/mol. The number of hydrogen-bond acceptors (Lipinski definition) is 5. The molecule has 3 N–H and O–H groups in total. The molecule has 30 heavy (non-hydrogen) atoms. The van der Waals surface area contributed by atoms with Gasteiger partial charge in [0.15, 0.2) is 0 Å². The molecule has 2 aromatic carbocycles. The number of carbonyl (C=O) groups excluding carboxylic acids is 2. The van der Waals surface area contributed by atoms with Crippen molar-refractivity contribution in [1.82, 2.24) is 10.2 Å². The molecule has 3 rings (SSSR count). The van der Waals surface area contributed by atoms with Gasteiger partial charge in [0, 0.05) is 12.0 Å². The van der Waals surface area contributed by atoms with E-state index in [4.69, 9.17) is 10.6 Å². The molecule has 2 aromatic rings. The normalized spacial score (nSPS) is 17.9. The van der Waals surface area contributed by atoms with Crippen LogP contribution in [0.1, 0.15) is 16.8 Å². The number of hydrogen-bond donors (Lipinski definition) is 2. The van der Waals surface area contributed by atoms with E-state index < -0.39 is 11.9 Å². The first-order chi connectivity index (χ1) is 14.5. The third kappa shape index (κ3) is 4.90. The minimum Gasteiger partial charge on any atom is -0.399 e. The van der Waals surface area contributed by atoms with Crippen LogP contribution in [0.5, 0.6) is 0 Å². The lowest BCUT2D eigenvalue weighted by atomic mass is 10.0. The van der Waals surface area contributed by atoms with Crippen molar-refractivity contribution < 1.29 is 14.4 Å². The highest BCUT2D eigenvalue weighted by molar-refractivity contribution is 6.08. The second kappa shape index (κ2) is 9.80. The lowest BCUT2D eigenvalue weighted by Gasteiger charge is -2.23. The van der Waals surface area contributed by atoms with Crippen molar-refractivity contribution in [1.29, 1.82) is 0 Å². The minimum atomic E-state index is -0.555. The molecule has 8 nitrogen and oxygen atoms in total. The highest BCUT2D eigenvalue weighted by atomic mass is 16.6. The summed E-state index contributed by atoms with van der Waals surface area (Å²) in [6, 6.07) is 16.8. The first kappa shape index (κ1) is 21.2.